The molecule has 0 radical (unpaired) electrons. The number of rotatable bonds is 2. The third-order valence-corrected chi connectivity index (χ3v) is 3.62. The second-order valence-corrected chi connectivity index (χ2v) is 5.99. The lowest BCUT2D eigenvalue weighted by atomic mass is 10.1. The van der Waals surface area contributed by atoms with Gasteiger partial charge in [0, 0.05) is 25.0 Å². The maximum Gasteiger partial charge on any atom is 0.247 e. The molecule has 6 heteroatoms. The van der Waals surface area contributed by atoms with Crippen molar-refractivity contribution in [2.75, 3.05) is 0 Å². The highest BCUT2D eigenvalue weighted by Gasteiger charge is 2.05. The quantitative estimate of drug-likeness (QED) is 0.522. The first-order chi connectivity index (χ1) is 12.5. The third-order valence-electron chi connectivity index (χ3n) is 3.62. The van der Waals surface area contributed by atoms with Gasteiger partial charge in [0.1, 0.15) is 0 Å². The second-order valence-electron chi connectivity index (χ2n) is 5.99. The summed E-state index contributed by atoms with van der Waals surface area (Å²) in [5.74, 6) is 2.35. The number of nitrogens with zero attached hydrogens (tertiary/aromatic N) is 4. The molecule has 0 spiro atoms. The van der Waals surface area contributed by atoms with Gasteiger partial charge in [-0.25, -0.2) is 0 Å². The predicted molar refractivity (Wildman–Crippen MR) is 98.4 cm³/mol. The molecule has 0 atom stereocenters. The van der Waals surface area contributed by atoms with Crippen LogP contribution in [-0.2, 0) is 0 Å². The van der Waals surface area contributed by atoms with Crippen molar-refractivity contribution in [3.8, 4) is 22.9 Å². The van der Waals surface area contributed by atoms with E-state index >= 15 is 0 Å². The molecule has 0 aliphatic carbocycles. The van der Waals surface area contributed by atoms with E-state index in [4.69, 9.17) is 8.83 Å². The van der Waals surface area contributed by atoms with Crippen LogP contribution in [0.1, 0.15) is 22.9 Å². The van der Waals surface area contributed by atoms with Crippen LogP contribution in [0.2, 0.25) is 0 Å². The standard InChI is InChI=1S/2C10H10N2O/c1-7-3-5-9(6-4-7)10-12-11-8(2)13-10;1-7-4-3-5-9(6-7)10-12-11-8(2)13-10/h2*3-6H,1-2H3. The zero-order chi connectivity index (χ0) is 18.5. The molecule has 6 nitrogen and oxygen atoms in total. The normalized spacial score (nSPS) is 10.3. The Hall–Kier alpha value is -3.28. The van der Waals surface area contributed by atoms with E-state index in [1.165, 1.54) is 11.1 Å². The molecule has 0 N–H and O–H groups in total. The van der Waals surface area contributed by atoms with Gasteiger partial charge >= 0.3 is 0 Å². The minimum absolute atomic E-state index is 0.581. The summed E-state index contributed by atoms with van der Waals surface area (Å²) in [5.41, 5.74) is 4.35. The Kier molecular flexibility index (Phi) is 5.22. The Bertz CT molecular complexity index is 987. The molecule has 2 aromatic heterocycles. The molecule has 0 aliphatic heterocycles. The molecule has 132 valence electrons. The van der Waals surface area contributed by atoms with Crippen molar-refractivity contribution in [3.05, 3.63) is 71.4 Å². The van der Waals surface area contributed by atoms with Crippen LogP contribution in [-0.4, -0.2) is 20.4 Å². The highest BCUT2D eigenvalue weighted by Crippen LogP contribution is 2.18. The minimum atomic E-state index is 0.581. The van der Waals surface area contributed by atoms with Crippen LogP contribution >= 0.6 is 0 Å². The molecule has 0 amide bonds. The fraction of sp³-hybridized carbons (Fsp3) is 0.200. The molecule has 2 heterocycles. The Morgan fingerprint density at radius 2 is 1.15 bits per heavy atom. The van der Waals surface area contributed by atoms with Crippen LogP contribution in [0.5, 0.6) is 0 Å². The van der Waals surface area contributed by atoms with Gasteiger partial charge in [-0.1, -0.05) is 35.4 Å². The van der Waals surface area contributed by atoms with Gasteiger partial charge in [-0.2, -0.15) is 0 Å². The Morgan fingerprint density at radius 1 is 0.577 bits per heavy atom. The van der Waals surface area contributed by atoms with E-state index in [2.05, 4.69) is 20.4 Å². The topological polar surface area (TPSA) is 77.8 Å². The average molecular weight is 348 g/mol. The summed E-state index contributed by atoms with van der Waals surface area (Å²) in [5, 5.41) is 15.4. The molecule has 4 rings (SSSR count). The fourth-order valence-electron chi connectivity index (χ4n) is 2.30. The minimum Gasteiger partial charge on any atom is -0.421 e. The summed E-state index contributed by atoms with van der Waals surface area (Å²) in [6, 6.07) is 16.0. The number of benzene rings is 2. The first kappa shape index (κ1) is 17.5. The Labute approximate surface area is 151 Å². The first-order valence-corrected chi connectivity index (χ1v) is 8.25. The van der Waals surface area contributed by atoms with Crippen molar-refractivity contribution in [2.45, 2.75) is 27.7 Å². The van der Waals surface area contributed by atoms with Crippen LogP contribution in [0.4, 0.5) is 0 Å². The molecule has 4 aromatic rings. The van der Waals surface area contributed by atoms with Crippen molar-refractivity contribution in [2.24, 2.45) is 0 Å². The maximum absolute atomic E-state index is 5.30. The van der Waals surface area contributed by atoms with E-state index in [1.54, 1.807) is 13.8 Å². The molecular weight excluding hydrogens is 328 g/mol. The SMILES string of the molecule is Cc1ccc(-c2nnc(C)o2)cc1.Cc1cccc(-c2nnc(C)o2)c1. The molecule has 0 aliphatic rings. The lowest BCUT2D eigenvalue weighted by Gasteiger charge is -1.95. The Balaban J connectivity index is 0.000000151. The molecule has 2 aromatic carbocycles. The van der Waals surface area contributed by atoms with Crippen molar-refractivity contribution in [3.63, 3.8) is 0 Å². The second kappa shape index (κ2) is 7.74. The van der Waals surface area contributed by atoms with E-state index in [0.717, 1.165) is 11.1 Å². The van der Waals surface area contributed by atoms with E-state index in [-0.39, 0.29) is 0 Å². The van der Waals surface area contributed by atoms with E-state index in [0.29, 0.717) is 23.6 Å². The van der Waals surface area contributed by atoms with Gasteiger partial charge in [0.05, 0.1) is 0 Å². The summed E-state index contributed by atoms with van der Waals surface area (Å²) in [6.07, 6.45) is 0. The number of aromatic nitrogens is 4. The largest absolute Gasteiger partial charge is 0.421 e. The van der Waals surface area contributed by atoms with Crippen LogP contribution in [0.15, 0.2) is 57.4 Å². The molecule has 0 saturated carbocycles. The van der Waals surface area contributed by atoms with Gasteiger partial charge in [-0.05, 0) is 38.1 Å². The molecule has 0 fully saturated rings. The summed E-state index contributed by atoms with van der Waals surface area (Å²) >= 11 is 0. The highest BCUT2D eigenvalue weighted by molar-refractivity contribution is 5.53. The summed E-state index contributed by atoms with van der Waals surface area (Å²) < 4.78 is 10.6. The smallest absolute Gasteiger partial charge is 0.247 e. The number of aryl methyl sites for hydroxylation is 4. The first-order valence-electron chi connectivity index (χ1n) is 8.25. The zero-order valence-electron chi connectivity index (χ0n) is 15.2. The molecule has 0 saturated heterocycles. The Morgan fingerprint density at radius 3 is 1.65 bits per heavy atom. The fourth-order valence-corrected chi connectivity index (χ4v) is 2.30. The highest BCUT2D eigenvalue weighted by atomic mass is 16.4. The average Bonchev–Trinajstić information content (AvgIpc) is 3.25. The van der Waals surface area contributed by atoms with Crippen LogP contribution in [0.3, 0.4) is 0 Å². The zero-order valence-corrected chi connectivity index (χ0v) is 15.2. The van der Waals surface area contributed by atoms with Crippen LogP contribution < -0.4 is 0 Å². The summed E-state index contributed by atoms with van der Waals surface area (Å²) in [7, 11) is 0. The van der Waals surface area contributed by atoms with E-state index in [9.17, 15) is 0 Å². The van der Waals surface area contributed by atoms with E-state index < -0.39 is 0 Å². The van der Waals surface area contributed by atoms with Gasteiger partial charge in [-0.15, -0.1) is 20.4 Å². The van der Waals surface area contributed by atoms with Crippen LogP contribution in [0, 0.1) is 27.7 Å². The molecule has 26 heavy (non-hydrogen) atoms. The van der Waals surface area contributed by atoms with Crippen molar-refractivity contribution < 1.29 is 8.83 Å². The van der Waals surface area contributed by atoms with E-state index in [1.807, 2.05) is 62.4 Å². The lowest BCUT2D eigenvalue weighted by molar-refractivity contribution is 0.532. The van der Waals surface area contributed by atoms with Crippen molar-refractivity contribution >= 4 is 0 Å². The molecular formula is C20H20N4O2. The van der Waals surface area contributed by atoms with Crippen molar-refractivity contribution in [1.29, 1.82) is 0 Å². The van der Waals surface area contributed by atoms with Gasteiger partial charge in [0.25, 0.3) is 0 Å². The molecule has 0 unspecified atom stereocenters. The number of hydrogen-bond donors (Lipinski definition) is 0. The van der Waals surface area contributed by atoms with Crippen LogP contribution in [0.25, 0.3) is 22.9 Å². The van der Waals surface area contributed by atoms with Gasteiger partial charge in [0.2, 0.25) is 23.6 Å². The monoisotopic (exact) mass is 348 g/mol. The number of hydrogen-bond acceptors (Lipinski definition) is 6. The molecule has 0 bridgehead atoms. The van der Waals surface area contributed by atoms with Gasteiger partial charge < -0.3 is 8.83 Å². The predicted octanol–water partition coefficient (Wildman–Crippen LogP) is 4.71. The lowest BCUT2D eigenvalue weighted by Crippen LogP contribution is -1.78. The van der Waals surface area contributed by atoms with Crippen molar-refractivity contribution in [1.82, 2.24) is 20.4 Å². The summed E-state index contributed by atoms with van der Waals surface area (Å²) in [4.78, 5) is 0. The van der Waals surface area contributed by atoms with Gasteiger partial charge in [-0.3, -0.25) is 0 Å². The maximum atomic E-state index is 5.30. The van der Waals surface area contributed by atoms with Gasteiger partial charge in [0.15, 0.2) is 0 Å². The third kappa shape index (κ3) is 4.42. The summed E-state index contributed by atoms with van der Waals surface area (Å²) in [6.45, 7) is 7.65.